The van der Waals surface area contributed by atoms with Crippen molar-refractivity contribution in [3.8, 4) is 5.75 Å². The molecule has 21 heavy (non-hydrogen) atoms. The number of rotatable bonds is 6. The molecule has 0 aliphatic carbocycles. The maximum Gasteiger partial charge on any atom is 0.327 e. The highest BCUT2D eigenvalue weighted by atomic mass is 16.5. The topological polar surface area (TPSA) is 46.5 Å². The molecule has 108 valence electrons. The number of aliphatic carboxylic acids is 1. The highest BCUT2D eigenvalue weighted by Gasteiger charge is 2.09. The molecule has 0 heterocycles. The van der Waals surface area contributed by atoms with E-state index in [-0.39, 0.29) is 0 Å². The molecule has 0 radical (unpaired) electrons. The minimum Gasteiger partial charge on any atom is -0.496 e. The van der Waals surface area contributed by atoms with E-state index in [9.17, 15) is 4.79 Å². The van der Waals surface area contributed by atoms with Crippen molar-refractivity contribution in [2.45, 2.75) is 12.8 Å². The van der Waals surface area contributed by atoms with Crippen LogP contribution in [-0.2, 0) is 17.6 Å². The molecule has 0 aliphatic rings. The van der Waals surface area contributed by atoms with Crippen molar-refractivity contribution in [2.75, 3.05) is 7.11 Å². The van der Waals surface area contributed by atoms with Gasteiger partial charge in [0.2, 0.25) is 0 Å². The van der Waals surface area contributed by atoms with Crippen LogP contribution in [0, 0.1) is 0 Å². The lowest BCUT2D eigenvalue weighted by Gasteiger charge is -2.13. The van der Waals surface area contributed by atoms with Crippen LogP contribution in [0.4, 0.5) is 0 Å². The first-order valence-electron chi connectivity index (χ1n) is 6.79. The predicted molar refractivity (Wildman–Crippen MR) is 82.7 cm³/mol. The standard InChI is InChI=1S/C18H18O3/c1-21-17-11-5-9-15(10-6-12-18(19)20)16(17)13-14-7-3-2-4-8-14/h2-9,11-12H,10,13H2,1H3,(H,19,20). The molecule has 2 aromatic rings. The number of hydrogen-bond acceptors (Lipinski definition) is 2. The van der Waals surface area contributed by atoms with Gasteiger partial charge in [-0.05, 0) is 23.6 Å². The summed E-state index contributed by atoms with van der Waals surface area (Å²) >= 11 is 0. The third-order valence-corrected chi connectivity index (χ3v) is 3.27. The lowest BCUT2D eigenvalue weighted by atomic mass is 9.96. The molecular formula is C18H18O3. The summed E-state index contributed by atoms with van der Waals surface area (Å²) in [6.07, 6.45) is 4.17. The van der Waals surface area contributed by atoms with Crippen molar-refractivity contribution in [2.24, 2.45) is 0 Å². The fourth-order valence-corrected chi connectivity index (χ4v) is 2.28. The molecular weight excluding hydrogens is 264 g/mol. The van der Waals surface area contributed by atoms with Gasteiger partial charge in [0.15, 0.2) is 0 Å². The van der Waals surface area contributed by atoms with Gasteiger partial charge >= 0.3 is 5.97 Å². The van der Waals surface area contributed by atoms with E-state index in [2.05, 4.69) is 12.1 Å². The van der Waals surface area contributed by atoms with Crippen molar-refractivity contribution in [3.63, 3.8) is 0 Å². The van der Waals surface area contributed by atoms with Crippen LogP contribution in [0.2, 0.25) is 0 Å². The van der Waals surface area contributed by atoms with Crippen molar-refractivity contribution in [3.05, 3.63) is 77.4 Å². The van der Waals surface area contributed by atoms with E-state index in [1.165, 1.54) is 11.6 Å². The van der Waals surface area contributed by atoms with Gasteiger partial charge in [-0.25, -0.2) is 4.79 Å². The van der Waals surface area contributed by atoms with Crippen molar-refractivity contribution >= 4 is 5.97 Å². The Labute approximate surface area is 124 Å². The van der Waals surface area contributed by atoms with E-state index in [4.69, 9.17) is 9.84 Å². The molecule has 3 heteroatoms. The average Bonchev–Trinajstić information content (AvgIpc) is 2.49. The number of carboxylic acids is 1. The van der Waals surface area contributed by atoms with Crippen molar-refractivity contribution in [1.82, 2.24) is 0 Å². The van der Waals surface area contributed by atoms with Gasteiger partial charge in [-0.15, -0.1) is 0 Å². The normalized spacial score (nSPS) is 10.7. The average molecular weight is 282 g/mol. The molecule has 0 saturated carbocycles. The molecule has 0 fully saturated rings. The number of ether oxygens (including phenoxy) is 1. The molecule has 0 aromatic heterocycles. The van der Waals surface area contributed by atoms with Crippen LogP contribution in [0.5, 0.6) is 5.75 Å². The fourth-order valence-electron chi connectivity index (χ4n) is 2.28. The van der Waals surface area contributed by atoms with E-state index in [1.54, 1.807) is 13.2 Å². The van der Waals surface area contributed by atoms with Crippen LogP contribution < -0.4 is 4.74 Å². The van der Waals surface area contributed by atoms with Gasteiger partial charge in [0, 0.05) is 18.1 Å². The van der Waals surface area contributed by atoms with Crippen molar-refractivity contribution in [1.29, 1.82) is 0 Å². The number of methoxy groups -OCH3 is 1. The first-order valence-corrected chi connectivity index (χ1v) is 6.79. The number of carboxylic acid groups (broad SMARTS) is 1. The van der Waals surface area contributed by atoms with Gasteiger partial charge in [-0.1, -0.05) is 48.5 Å². The molecule has 0 bridgehead atoms. The first-order chi connectivity index (χ1) is 10.2. The SMILES string of the molecule is COc1cccc(CC=CC(=O)O)c1Cc1ccccc1. The van der Waals surface area contributed by atoms with Crippen LogP contribution in [0.3, 0.4) is 0 Å². The second-order valence-corrected chi connectivity index (χ2v) is 4.71. The Kier molecular flexibility index (Phi) is 5.16. The third-order valence-electron chi connectivity index (χ3n) is 3.27. The first kappa shape index (κ1) is 14.9. The summed E-state index contributed by atoms with van der Waals surface area (Å²) in [6.45, 7) is 0. The lowest BCUT2D eigenvalue weighted by molar-refractivity contribution is -0.131. The smallest absolute Gasteiger partial charge is 0.327 e. The summed E-state index contributed by atoms with van der Waals surface area (Å²) in [5.41, 5.74) is 3.38. The van der Waals surface area contributed by atoms with E-state index in [0.717, 1.165) is 23.3 Å². The lowest BCUT2D eigenvalue weighted by Crippen LogP contribution is -1.99. The van der Waals surface area contributed by atoms with E-state index < -0.39 is 5.97 Å². The van der Waals surface area contributed by atoms with Gasteiger partial charge < -0.3 is 9.84 Å². The summed E-state index contributed by atoms with van der Waals surface area (Å²) in [4.78, 5) is 10.6. The molecule has 0 unspecified atom stereocenters. The Bertz CT molecular complexity index is 630. The maximum absolute atomic E-state index is 10.6. The number of allylic oxidation sites excluding steroid dienone is 1. The zero-order valence-corrected chi connectivity index (χ0v) is 12.0. The van der Waals surface area contributed by atoms with E-state index in [1.807, 2.05) is 36.4 Å². The zero-order valence-electron chi connectivity index (χ0n) is 12.0. The second-order valence-electron chi connectivity index (χ2n) is 4.71. The van der Waals surface area contributed by atoms with Crippen LogP contribution in [0.1, 0.15) is 16.7 Å². The van der Waals surface area contributed by atoms with Crippen LogP contribution in [0.25, 0.3) is 0 Å². The summed E-state index contributed by atoms with van der Waals surface area (Å²) in [6, 6.07) is 16.0. The summed E-state index contributed by atoms with van der Waals surface area (Å²) < 4.78 is 5.45. The molecule has 0 spiro atoms. The van der Waals surface area contributed by atoms with Gasteiger partial charge in [-0.2, -0.15) is 0 Å². The Morgan fingerprint density at radius 1 is 1.14 bits per heavy atom. The van der Waals surface area contributed by atoms with Gasteiger partial charge in [0.05, 0.1) is 7.11 Å². The highest BCUT2D eigenvalue weighted by Crippen LogP contribution is 2.26. The summed E-state index contributed by atoms with van der Waals surface area (Å²) in [5.74, 6) is -0.0948. The number of hydrogen-bond donors (Lipinski definition) is 1. The molecule has 2 aromatic carbocycles. The quantitative estimate of drug-likeness (QED) is 0.825. The van der Waals surface area contributed by atoms with Crippen LogP contribution >= 0.6 is 0 Å². The molecule has 0 amide bonds. The van der Waals surface area contributed by atoms with E-state index >= 15 is 0 Å². The van der Waals surface area contributed by atoms with Crippen LogP contribution in [0.15, 0.2) is 60.7 Å². The Morgan fingerprint density at radius 3 is 2.57 bits per heavy atom. The predicted octanol–water partition coefficient (Wildman–Crippen LogP) is 3.47. The molecule has 0 saturated heterocycles. The Hall–Kier alpha value is -2.55. The van der Waals surface area contributed by atoms with Gasteiger partial charge in [0.25, 0.3) is 0 Å². The minimum absolute atomic E-state index is 0.575. The van der Waals surface area contributed by atoms with Gasteiger partial charge in [-0.3, -0.25) is 0 Å². The number of benzene rings is 2. The monoisotopic (exact) mass is 282 g/mol. The zero-order chi connectivity index (χ0) is 15.1. The Morgan fingerprint density at radius 2 is 1.90 bits per heavy atom. The minimum atomic E-state index is -0.928. The van der Waals surface area contributed by atoms with Crippen molar-refractivity contribution < 1.29 is 14.6 Å². The highest BCUT2D eigenvalue weighted by molar-refractivity contribution is 5.79. The largest absolute Gasteiger partial charge is 0.496 e. The fraction of sp³-hybridized carbons (Fsp3) is 0.167. The van der Waals surface area contributed by atoms with Crippen LogP contribution in [-0.4, -0.2) is 18.2 Å². The third kappa shape index (κ3) is 4.21. The Balaban J connectivity index is 2.30. The molecule has 2 rings (SSSR count). The second kappa shape index (κ2) is 7.29. The van der Waals surface area contributed by atoms with Gasteiger partial charge in [0.1, 0.15) is 5.75 Å². The molecule has 0 aliphatic heterocycles. The number of carbonyl (C=O) groups is 1. The molecule has 1 N–H and O–H groups in total. The molecule has 3 nitrogen and oxygen atoms in total. The van der Waals surface area contributed by atoms with E-state index in [0.29, 0.717) is 6.42 Å². The summed E-state index contributed by atoms with van der Waals surface area (Å²) in [7, 11) is 1.65. The molecule has 0 atom stereocenters. The maximum atomic E-state index is 10.6. The summed E-state index contributed by atoms with van der Waals surface area (Å²) in [5, 5.41) is 8.69.